The Morgan fingerprint density at radius 3 is 2.50 bits per heavy atom. The molecule has 1 aliphatic heterocycles. The van der Waals surface area contributed by atoms with Gasteiger partial charge in [0.25, 0.3) is 0 Å². The van der Waals surface area contributed by atoms with Crippen LogP contribution in [0.2, 0.25) is 0 Å². The number of H-pyrrole nitrogens is 2. The second-order valence-corrected chi connectivity index (χ2v) is 10.3. The van der Waals surface area contributed by atoms with Crippen molar-refractivity contribution in [1.29, 1.82) is 0 Å². The number of ether oxygens (including phenoxy) is 1. The minimum Gasteiger partial charge on any atom is -0.457 e. The number of aromatic nitrogens is 2. The first-order chi connectivity index (χ1) is 15.8. The normalized spacial score (nSPS) is 32.1. The van der Waals surface area contributed by atoms with Crippen LogP contribution in [0, 0.1) is 17.3 Å². The summed E-state index contributed by atoms with van der Waals surface area (Å²) in [6, 6.07) is 0. The highest BCUT2D eigenvalue weighted by Gasteiger charge is 2.42. The Labute approximate surface area is 201 Å². The van der Waals surface area contributed by atoms with Gasteiger partial charge in [-0.25, -0.2) is 4.79 Å². The van der Waals surface area contributed by atoms with E-state index < -0.39 is 35.6 Å². The third-order valence-electron chi connectivity index (χ3n) is 7.03. The molecule has 5 atom stereocenters. The number of nitrogens with one attached hydrogen (secondary N) is 2. The van der Waals surface area contributed by atoms with E-state index in [1.54, 1.807) is 33.0 Å². The molecule has 1 aromatic heterocycles. The number of imidazole rings is 1. The summed E-state index contributed by atoms with van der Waals surface area (Å²) in [5.41, 5.74) is 0.900. The van der Waals surface area contributed by atoms with Gasteiger partial charge < -0.3 is 24.9 Å². The monoisotopic (exact) mass is 476 g/mol. The summed E-state index contributed by atoms with van der Waals surface area (Å²) in [5, 5.41) is 21.5. The molecule has 0 fully saturated rings. The van der Waals surface area contributed by atoms with Gasteiger partial charge in [0.1, 0.15) is 11.9 Å². The largest absolute Gasteiger partial charge is 0.457 e. The van der Waals surface area contributed by atoms with Crippen molar-refractivity contribution < 1.29 is 24.5 Å². The molecule has 1 aromatic rings. The molecule has 0 radical (unpaired) electrons. The zero-order chi connectivity index (χ0) is 25.6. The molecule has 0 saturated carbocycles. The molecule has 1 aliphatic rings. The lowest BCUT2D eigenvalue weighted by molar-refractivity contribution is -0.154. The van der Waals surface area contributed by atoms with Crippen LogP contribution in [-0.2, 0) is 14.3 Å². The summed E-state index contributed by atoms with van der Waals surface area (Å²) in [5.74, 6) is -1.63. The maximum atomic E-state index is 13.1. The molecule has 4 N–H and O–H groups in total. The topological polar surface area (TPSA) is 132 Å². The van der Waals surface area contributed by atoms with Crippen LogP contribution in [0.5, 0.6) is 0 Å². The van der Waals surface area contributed by atoms with E-state index in [2.05, 4.69) is 9.97 Å². The van der Waals surface area contributed by atoms with Crippen LogP contribution >= 0.6 is 0 Å². The quantitative estimate of drug-likeness (QED) is 0.381. The van der Waals surface area contributed by atoms with Crippen molar-refractivity contribution in [3.05, 3.63) is 39.6 Å². The summed E-state index contributed by atoms with van der Waals surface area (Å²) in [7, 11) is 0. The van der Waals surface area contributed by atoms with Crippen molar-refractivity contribution in [1.82, 2.24) is 9.97 Å². The standard InChI is InChI=1S/C26H40N2O6/c1-15-8-7-9-16(2)23(31)18(4)24(32)26(5,6)21(29)13-22(30)34-20(11-10-15)17(3)12-19-14-27-25(33)28-19/h10,12,14,16,18,20-21,23,29,31H,7-9,11,13H2,1-6H3,(H2,27,28,33)/b15-10-,17-12+/t16-,18+,20-,21-,23-/m0/s1. The number of aliphatic hydroxyl groups is 2. The number of cyclic esters (lactones) is 1. The Balaban J connectivity index is 2.34. The zero-order valence-electron chi connectivity index (χ0n) is 21.2. The number of carbonyl (C=O) groups is 2. The molecule has 0 aliphatic carbocycles. The van der Waals surface area contributed by atoms with Crippen molar-refractivity contribution in [3.63, 3.8) is 0 Å². The molecule has 0 unspecified atom stereocenters. The Kier molecular flexibility index (Phi) is 9.64. The van der Waals surface area contributed by atoms with E-state index in [-0.39, 0.29) is 23.8 Å². The average molecular weight is 477 g/mol. The van der Waals surface area contributed by atoms with Crippen molar-refractivity contribution in [3.8, 4) is 0 Å². The first kappa shape index (κ1) is 27.8. The van der Waals surface area contributed by atoms with Crippen LogP contribution in [0.3, 0.4) is 0 Å². The number of Topliss-reactive ketones (excluding diaryl/α,β-unsaturated/α-hetero) is 1. The molecular formula is C26H40N2O6. The molecule has 34 heavy (non-hydrogen) atoms. The summed E-state index contributed by atoms with van der Waals surface area (Å²) in [6.07, 6.45) is 5.22. The number of aromatic amines is 2. The number of aliphatic hydroxyl groups excluding tert-OH is 2. The van der Waals surface area contributed by atoms with Crippen molar-refractivity contribution >= 4 is 17.8 Å². The minimum atomic E-state index is -1.26. The fourth-order valence-electron chi connectivity index (χ4n) is 4.39. The molecule has 0 bridgehead atoms. The first-order valence-corrected chi connectivity index (χ1v) is 12.0. The second-order valence-electron chi connectivity index (χ2n) is 10.3. The van der Waals surface area contributed by atoms with Gasteiger partial charge in [0.05, 0.1) is 29.7 Å². The fraction of sp³-hybridized carbons (Fsp3) is 0.654. The molecule has 2 heterocycles. The van der Waals surface area contributed by atoms with Gasteiger partial charge in [-0.15, -0.1) is 0 Å². The number of hydrogen-bond acceptors (Lipinski definition) is 6. The highest BCUT2D eigenvalue weighted by atomic mass is 16.5. The predicted octanol–water partition coefficient (Wildman–Crippen LogP) is 3.52. The lowest BCUT2D eigenvalue weighted by atomic mass is 9.73. The van der Waals surface area contributed by atoms with E-state index in [0.29, 0.717) is 12.1 Å². The van der Waals surface area contributed by atoms with Gasteiger partial charge in [-0.3, -0.25) is 9.59 Å². The highest BCUT2D eigenvalue weighted by molar-refractivity contribution is 5.88. The zero-order valence-corrected chi connectivity index (χ0v) is 21.2. The summed E-state index contributed by atoms with van der Waals surface area (Å²) >= 11 is 0. The Morgan fingerprint density at radius 2 is 1.88 bits per heavy atom. The van der Waals surface area contributed by atoms with Gasteiger partial charge in [-0.2, -0.15) is 0 Å². The lowest BCUT2D eigenvalue weighted by Gasteiger charge is -2.34. The van der Waals surface area contributed by atoms with Gasteiger partial charge in [-0.05, 0) is 50.7 Å². The summed E-state index contributed by atoms with van der Waals surface area (Å²) in [6.45, 7) is 10.7. The van der Waals surface area contributed by atoms with Crippen LogP contribution in [0.25, 0.3) is 6.08 Å². The highest BCUT2D eigenvalue weighted by Crippen LogP contribution is 2.32. The molecule has 0 spiro atoms. The average Bonchev–Trinajstić information content (AvgIpc) is 3.18. The van der Waals surface area contributed by atoms with Crippen LogP contribution in [0.1, 0.15) is 79.3 Å². The van der Waals surface area contributed by atoms with Gasteiger partial charge in [0.2, 0.25) is 0 Å². The van der Waals surface area contributed by atoms with Gasteiger partial charge in [0, 0.05) is 18.5 Å². The molecule has 2 rings (SSSR count). The Bertz CT molecular complexity index is 970. The number of carbonyl (C=O) groups excluding carboxylic acids is 2. The molecule has 190 valence electrons. The SMILES string of the molecule is C/C1=C/C[C@@H](/C(C)=C/c2c[nH]c(=O)[nH]2)OC(=O)C[C@H](O)C(C)(C)C(=O)[C@H](C)[C@@H](O)[C@@H](C)CCC1. The van der Waals surface area contributed by atoms with Crippen molar-refractivity contribution in [2.75, 3.05) is 0 Å². The first-order valence-electron chi connectivity index (χ1n) is 12.0. The van der Waals surface area contributed by atoms with E-state index in [1.807, 2.05) is 26.8 Å². The van der Waals surface area contributed by atoms with Gasteiger partial charge in [0.15, 0.2) is 0 Å². The third kappa shape index (κ3) is 7.27. The van der Waals surface area contributed by atoms with Gasteiger partial charge >= 0.3 is 11.7 Å². The fourth-order valence-corrected chi connectivity index (χ4v) is 4.39. The number of ketones is 1. The van der Waals surface area contributed by atoms with E-state index in [9.17, 15) is 24.6 Å². The Morgan fingerprint density at radius 1 is 1.21 bits per heavy atom. The Hall–Kier alpha value is -2.45. The van der Waals surface area contributed by atoms with Crippen molar-refractivity contribution in [2.45, 2.75) is 92.0 Å². The number of hydrogen-bond donors (Lipinski definition) is 4. The van der Waals surface area contributed by atoms with E-state index >= 15 is 0 Å². The molecule has 8 nitrogen and oxygen atoms in total. The lowest BCUT2D eigenvalue weighted by Crippen LogP contribution is -2.45. The van der Waals surface area contributed by atoms with Gasteiger partial charge in [-0.1, -0.05) is 39.3 Å². The number of esters is 1. The van der Waals surface area contributed by atoms with Crippen LogP contribution < -0.4 is 5.69 Å². The smallest absolute Gasteiger partial charge is 0.323 e. The minimum absolute atomic E-state index is 0.0704. The summed E-state index contributed by atoms with van der Waals surface area (Å²) in [4.78, 5) is 42.5. The molecule has 8 heteroatoms. The van der Waals surface area contributed by atoms with Crippen LogP contribution in [-0.4, -0.2) is 50.2 Å². The van der Waals surface area contributed by atoms with Crippen LogP contribution in [0.4, 0.5) is 0 Å². The van der Waals surface area contributed by atoms with E-state index in [0.717, 1.165) is 30.4 Å². The molecular weight excluding hydrogens is 436 g/mol. The van der Waals surface area contributed by atoms with Crippen molar-refractivity contribution in [2.24, 2.45) is 17.3 Å². The number of rotatable bonds is 2. The van der Waals surface area contributed by atoms with E-state index in [4.69, 9.17) is 4.74 Å². The van der Waals surface area contributed by atoms with E-state index in [1.165, 1.54) is 0 Å². The maximum absolute atomic E-state index is 13.1. The maximum Gasteiger partial charge on any atom is 0.323 e. The summed E-state index contributed by atoms with van der Waals surface area (Å²) < 4.78 is 5.73. The predicted molar refractivity (Wildman–Crippen MR) is 131 cm³/mol. The molecule has 0 aromatic carbocycles. The number of allylic oxidation sites excluding steroid dienone is 1. The second kappa shape index (κ2) is 11.8. The van der Waals surface area contributed by atoms with Crippen LogP contribution in [0.15, 0.2) is 28.2 Å². The molecule has 0 amide bonds. The third-order valence-corrected chi connectivity index (χ3v) is 7.03. The molecule has 0 saturated heterocycles.